The predicted molar refractivity (Wildman–Crippen MR) is 77.0 cm³/mol. The van der Waals surface area contributed by atoms with Gasteiger partial charge < -0.3 is 15.7 Å². The molecule has 0 aliphatic heterocycles. The van der Waals surface area contributed by atoms with Crippen LogP contribution in [-0.4, -0.2) is 23.5 Å². The summed E-state index contributed by atoms with van der Waals surface area (Å²) in [6.45, 7) is 1.89. The predicted octanol–water partition coefficient (Wildman–Crippen LogP) is 1.34. The van der Waals surface area contributed by atoms with Gasteiger partial charge >= 0.3 is 5.97 Å². The molecule has 0 spiro atoms. The molecule has 6 heteroatoms. The molecule has 0 aromatic heterocycles. The summed E-state index contributed by atoms with van der Waals surface area (Å²) in [5, 5.41) is 22.8. The van der Waals surface area contributed by atoms with Gasteiger partial charge in [-0.2, -0.15) is 5.26 Å². The fourth-order valence-corrected chi connectivity index (χ4v) is 1.57. The van der Waals surface area contributed by atoms with Gasteiger partial charge in [-0.3, -0.25) is 9.59 Å². The van der Waals surface area contributed by atoms with Crippen LogP contribution in [-0.2, 0) is 9.59 Å². The van der Waals surface area contributed by atoms with Gasteiger partial charge in [-0.05, 0) is 12.5 Å². The third-order valence-corrected chi connectivity index (χ3v) is 2.77. The zero-order valence-corrected chi connectivity index (χ0v) is 11.7. The molecule has 0 saturated carbocycles. The van der Waals surface area contributed by atoms with Crippen LogP contribution in [0.5, 0.6) is 0 Å². The van der Waals surface area contributed by atoms with E-state index in [1.165, 1.54) is 6.20 Å². The SMILES string of the molecule is CC(N/C=C(/C#N)C(=O)NCCC(=O)O)c1ccccc1. The van der Waals surface area contributed by atoms with E-state index < -0.39 is 11.9 Å². The number of hydrogen-bond acceptors (Lipinski definition) is 4. The molecule has 110 valence electrons. The second kappa shape index (κ2) is 8.38. The number of nitrogens with zero attached hydrogens (tertiary/aromatic N) is 1. The van der Waals surface area contributed by atoms with Gasteiger partial charge in [0.2, 0.25) is 0 Å². The summed E-state index contributed by atoms with van der Waals surface area (Å²) in [5.74, 6) is -1.60. The molecule has 1 rings (SSSR count). The Kier molecular flexibility index (Phi) is 6.48. The molecule has 0 saturated heterocycles. The van der Waals surface area contributed by atoms with E-state index in [0.29, 0.717) is 0 Å². The van der Waals surface area contributed by atoms with E-state index in [-0.39, 0.29) is 24.6 Å². The Morgan fingerprint density at radius 1 is 1.38 bits per heavy atom. The zero-order chi connectivity index (χ0) is 15.7. The number of amides is 1. The number of nitrogens with one attached hydrogen (secondary N) is 2. The molecule has 1 aromatic carbocycles. The van der Waals surface area contributed by atoms with Crippen molar-refractivity contribution in [2.75, 3.05) is 6.54 Å². The van der Waals surface area contributed by atoms with Gasteiger partial charge in [0.15, 0.2) is 0 Å². The van der Waals surface area contributed by atoms with Gasteiger partial charge in [-0.25, -0.2) is 0 Å². The normalized spacial score (nSPS) is 12.1. The average molecular weight is 287 g/mol. The second-order valence-electron chi connectivity index (χ2n) is 4.37. The van der Waals surface area contributed by atoms with Crippen molar-refractivity contribution in [2.45, 2.75) is 19.4 Å². The summed E-state index contributed by atoms with van der Waals surface area (Å²) in [7, 11) is 0. The molecule has 1 unspecified atom stereocenters. The van der Waals surface area contributed by atoms with E-state index >= 15 is 0 Å². The third-order valence-electron chi connectivity index (χ3n) is 2.77. The minimum Gasteiger partial charge on any atom is -0.481 e. The fourth-order valence-electron chi connectivity index (χ4n) is 1.57. The lowest BCUT2D eigenvalue weighted by Crippen LogP contribution is -2.28. The lowest BCUT2D eigenvalue weighted by atomic mass is 10.1. The first-order valence-corrected chi connectivity index (χ1v) is 6.46. The quantitative estimate of drug-likeness (QED) is 0.518. The monoisotopic (exact) mass is 287 g/mol. The Balaban J connectivity index is 2.57. The molecular weight excluding hydrogens is 270 g/mol. The van der Waals surface area contributed by atoms with Gasteiger partial charge in [-0.1, -0.05) is 30.3 Å². The molecule has 0 aliphatic carbocycles. The highest BCUT2D eigenvalue weighted by atomic mass is 16.4. The molecule has 1 aromatic rings. The molecule has 0 heterocycles. The Morgan fingerprint density at radius 3 is 2.62 bits per heavy atom. The highest BCUT2D eigenvalue weighted by Gasteiger charge is 2.10. The van der Waals surface area contributed by atoms with E-state index in [9.17, 15) is 9.59 Å². The van der Waals surface area contributed by atoms with Gasteiger partial charge in [0, 0.05) is 18.8 Å². The van der Waals surface area contributed by atoms with E-state index in [1.807, 2.05) is 37.3 Å². The number of carbonyl (C=O) groups is 2. The molecule has 21 heavy (non-hydrogen) atoms. The Morgan fingerprint density at radius 2 is 2.05 bits per heavy atom. The van der Waals surface area contributed by atoms with Crippen LogP contribution >= 0.6 is 0 Å². The summed E-state index contributed by atoms with van der Waals surface area (Å²) < 4.78 is 0. The van der Waals surface area contributed by atoms with Crippen molar-refractivity contribution in [1.29, 1.82) is 5.26 Å². The highest BCUT2D eigenvalue weighted by Crippen LogP contribution is 2.11. The number of rotatable bonds is 7. The number of benzene rings is 1. The van der Waals surface area contributed by atoms with Crippen LogP contribution in [0.2, 0.25) is 0 Å². The summed E-state index contributed by atoms with van der Waals surface area (Å²) in [5.41, 5.74) is 0.931. The first kappa shape index (κ1) is 16.2. The zero-order valence-electron chi connectivity index (χ0n) is 11.7. The number of hydrogen-bond donors (Lipinski definition) is 3. The van der Waals surface area contributed by atoms with Gasteiger partial charge in [0.25, 0.3) is 5.91 Å². The van der Waals surface area contributed by atoms with Crippen LogP contribution in [0.4, 0.5) is 0 Å². The van der Waals surface area contributed by atoms with Crippen LogP contribution in [0.25, 0.3) is 0 Å². The summed E-state index contributed by atoms with van der Waals surface area (Å²) in [6.07, 6.45) is 1.16. The van der Waals surface area contributed by atoms with E-state index in [4.69, 9.17) is 10.4 Å². The molecule has 6 nitrogen and oxygen atoms in total. The maximum absolute atomic E-state index is 11.7. The second-order valence-corrected chi connectivity index (χ2v) is 4.37. The highest BCUT2D eigenvalue weighted by molar-refractivity contribution is 5.97. The van der Waals surface area contributed by atoms with E-state index in [1.54, 1.807) is 6.07 Å². The van der Waals surface area contributed by atoms with Crippen molar-refractivity contribution in [3.05, 3.63) is 47.7 Å². The minimum atomic E-state index is -1.01. The van der Waals surface area contributed by atoms with Crippen LogP contribution in [0.3, 0.4) is 0 Å². The maximum atomic E-state index is 11.7. The molecule has 0 bridgehead atoms. The van der Waals surface area contributed by atoms with Gasteiger partial charge in [0.1, 0.15) is 11.6 Å². The number of nitriles is 1. The Bertz CT molecular complexity index is 561. The number of carboxylic acids is 1. The number of aliphatic carboxylic acids is 1. The Labute approximate surface area is 123 Å². The van der Waals surface area contributed by atoms with Crippen molar-refractivity contribution < 1.29 is 14.7 Å². The molecule has 0 fully saturated rings. The van der Waals surface area contributed by atoms with Crippen LogP contribution in [0.15, 0.2) is 42.1 Å². The minimum absolute atomic E-state index is 0.0125. The average Bonchev–Trinajstić information content (AvgIpc) is 2.48. The van der Waals surface area contributed by atoms with Gasteiger partial charge in [-0.15, -0.1) is 0 Å². The summed E-state index contributed by atoms with van der Waals surface area (Å²) in [4.78, 5) is 22.0. The van der Waals surface area contributed by atoms with Gasteiger partial charge in [0.05, 0.1) is 6.42 Å². The number of carbonyl (C=O) groups excluding carboxylic acids is 1. The van der Waals surface area contributed by atoms with Crippen LogP contribution in [0, 0.1) is 11.3 Å². The van der Waals surface area contributed by atoms with Crippen LogP contribution < -0.4 is 10.6 Å². The first-order chi connectivity index (χ1) is 10.0. The lowest BCUT2D eigenvalue weighted by Gasteiger charge is -2.12. The third kappa shape index (κ3) is 5.78. The number of carboxylic acid groups (broad SMARTS) is 1. The molecule has 3 N–H and O–H groups in total. The first-order valence-electron chi connectivity index (χ1n) is 6.46. The molecule has 0 radical (unpaired) electrons. The standard InChI is InChI=1S/C15H17N3O3/c1-11(12-5-3-2-4-6-12)18-10-13(9-16)15(21)17-8-7-14(19)20/h2-6,10-11,18H,7-8H2,1H3,(H,17,21)(H,19,20)/b13-10-. The Hall–Kier alpha value is -2.81. The largest absolute Gasteiger partial charge is 0.481 e. The van der Waals surface area contributed by atoms with Crippen molar-refractivity contribution in [3.8, 4) is 6.07 Å². The lowest BCUT2D eigenvalue weighted by molar-refractivity contribution is -0.136. The van der Waals surface area contributed by atoms with Crippen molar-refractivity contribution in [3.63, 3.8) is 0 Å². The molecule has 1 atom stereocenters. The molecule has 0 aliphatic rings. The molecular formula is C15H17N3O3. The van der Waals surface area contributed by atoms with E-state index in [2.05, 4.69) is 10.6 Å². The summed E-state index contributed by atoms with van der Waals surface area (Å²) >= 11 is 0. The molecule has 1 amide bonds. The van der Waals surface area contributed by atoms with Crippen molar-refractivity contribution in [1.82, 2.24) is 10.6 Å². The van der Waals surface area contributed by atoms with E-state index in [0.717, 1.165) is 5.56 Å². The topological polar surface area (TPSA) is 102 Å². The maximum Gasteiger partial charge on any atom is 0.305 e. The van der Waals surface area contributed by atoms with Crippen LogP contribution in [0.1, 0.15) is 24.9 Å². The summed E-state index contributed by atoms with van der Waals surface area (Å²) in [6, 6.07) is 11.3. The fraction of sp³-hybridized carbons (Fsp3) is 0.267. The van der Waals surface area contributed by atoms with Crippen molar-refractivity contribution >= 4 is 11.9 Å². The van der Waals surface area contributed by atoms with Crippen molar-refractivity contribution in [2.24, 2.45) is 0 Å². The smallest absolute Gasteiger partial charge is 0.305 e.